The highest BCUT2D eigenvalue weighted by molar-refractivity contribution is 5.80. The lowest BCUT2D eigenvalue weighted by molar-refractivity contribution is 0.561. The Labute approximate surface area is 86.7 Å². The predicted molar refractivity (Wildman–Crippen MR) is 59.8 cm³/mol. The van der Waals surface area contributed by atoms with E-state index < -0.39 is 0 Å². The maximum Gasteiger partial charge on any atom is 0.336 e. The highest BCUT2D eigenvalue weighted by Gasteiger charge is 1.97. The molecule has 3 heteroatoms. The lowest BCUT2D eigenvalue weighted by Gasteiger charge is -2.02. The predicted octanol–water partition coefficient (Wildman–Crippen LogP) is 1.84. The van der Waals surface area contributed by atoms with Gasteiger partial charge in [-0.15, -0.1) is 6.42 Å². The molecular formula is C12H9NO2. The summed E-state index contributed by atoms with van der Waals surface area (Å²) in [6.07, 6.45) is 5.14. The molecule has 0 saturated heterocycles. The summed E-state index contributed by atoms with van der Waals surface area (Å²) in [4.78, 5) is 10.9. The van der Waals surface area contributed by atoms with Crippen LogP contribution in [0.3, 0.4) is 0 Å². The van der Waals surface area contributed by atoms with E-state index in [0.717, 1.165) is 11.1 Å². The van der Waals surface area contributed by atoms with Crippen molar-refractivity contribution in [2.45, 2.75) is 0 Å². The van der Waals surface area contributed by atoms with Crippen molar-refractivity contribution >= 4 is 16.7 Å². The molecule has 0 fully saturated rings. The molecule has 0 amide bonds. The van der Waals surface area contributed by atoms with Gasteiger partial charge in [0, 0.05) is 17.1 Å². The van der Waals surface area contributed by atoms with E-state index >= 15 is 0 Å². The summed E-state index contributed by atoms with van der Waals surface area (Å²) < 4.78 is 5.00. The van der Waals surface area contributed by atoms with Crippen LogP contribution in [0.4, 0.5) is 5.69 Å². The normalized spacial score (nSPS) is 9.80. The van der Waals surface area contributed by atoms with Crippen LogP contribution in [0.25, 0.3) is 11.0 Å². The van der Waals surface area contributed by atoms with Crippen LogP contribution in [0.15, 0.2) is 39.5 Å². The highest BCUT2D eigenvalue weighted by Crippen LogP contribution is 2.17. The average molecular weight is 199 g/mol. The fourth-order valence-electron chi connectivity index (χ4n) is 1.33. The lowest BCUT2D eigenvalue weighted by atomic mass is 10.2. The van der Waals surface area contributed by atoms with Gasteiger partial charge in [-0.05, 0) is 24.3 Å². The Morgan fingerprint density at radius 1 is 1.33 bits per heavy atom. The summed E-state index contributed by atoms with van der Waals surface area (Å²) in [5.41, 5.74) is 1.15. The van der Waals surface area contributed by atoms with Crippen LogP contribution in [0.2, 0.25) is 0 Å². The zero-order chi connectivity index (χ0) is 10.7. The lowest BCUT2D eigenvalue weighted by Crippen LogP contribution is -1.99. The Morgan fingerprint density at radius 2 is 2.20 bits per heavy atom. The molecule has 0 aliphatic heterocycles. The molecular weight excluding hydrogens is 190 g/mol. The van der Waals surface area contributed by atoms with Gasteiger partial charge in [0.25, 0.3) is 0 Å². The number of rotatable bonds is 2. The zero-order valence-electron chi connectivity index (χ0n) is 7.99. The van der Waals surface area contributed by atoms with Gasteiger partial charge in [0.2, 0.25) is 0 Å². The molecule has 0 aliphatic carbocycles. The van der Waals surface area contributed by atoms with Gasteiger partial charge in [0.05, 0.1) is 6.54 Å². The van der Waals surface area contributed by atoms with Gasteiger partial charge in [0.1, 0.15) is 5.58 Å². The fraction of sp³-hybridized carbons (Fsp3) is 0.0833. The van der Waals surface area contributed by atoms with Crippen LogP contribution in [0.1, 0.15) is 0 Å². The van der Waals surface area contributed by atoms with Crippen molar-refractivity contribution in [2.75, 3.05) is 11.9 Å². The Morgan fingerprint density at radius 3 is 3.00 bits per heavy atom. The fourth-order valence-corrected chi connectivity index (χ4v) is 1.33. The molecule has 3 nitrogen and oxygen atoms in total. The first-order chi connectivity index (χ1) is 7.29. The number of terminal acetylenes is 1. The third-order valence-corrected chi connectivity index (χ3v) is 2.01. The second kappa shape index (κ2) is 3.89. The minimum absolute atomic E-state index is 0.341. The van der Waals surface area contributed by atoms with E-state index in [1.165, 1.54) is 6.07 Å². The summed E-state index contributed by atoms with van der Waals surface area (Å²) in [5, 5.41) is 3.92. The number of fused-ring (bicyclic) bond motifs is 1. The van der Waals surface area contributed by atoms with E-state index in [0.29, 0.717) is 12.1 Å². The molecule has 0 radical (unpaired) electrons. The van der Waals surface area contributed by atoms with Crippen molar-refractivity contribution in [3.8, 4) is 12.3 Å². The first-order valence-electron chi connectivity index (χ1n) is 4.51. The monoisotopic (exact) mass is 199 g/mol. The molecule has 1 N–H and O–H groups in total. The van der Waals surface area contributed by atoms with Crippen LogP contribution in [-0.2, 0) is 0 Å². The van der Waals surface area contributed by atoms with Crippen molar-refractivity contribution in [2.24, 2.45) is 0 Å². The minimum atomic E-state index is -0.341. The molecule has 0 aliphatic rings. The molecule has 15 heavy (non-hydrogen) atoms. The second-order valence-electron chi connectivity index (χ2n) is 3.06. The third kappa shape index (κ3) is 2.00. The average Bonchev–Trinajstić information content (AvgIpc) is 2.26. The topological polar surface area (TPSA) is 42.2 Å². The van der Waals surface area contributed by atoms with E-state index in [9.17, 15) is 4.79 Å². The van der Waals surface area contributed by atoms with Crippen LogP contribution in [0, 0.1) is 12.3 Å². The van der Waals surface area contributed by atoms with Crippen LogP contribution in [0.5, 0.6) is 0 Å². The molecule has 0 bridgehead atoms. The van der Waals surface area contributed by atoms with Crippen molar-refractivity contribution < 1.29 is 4.42 Å². The zero-order valence-corrected chi connectivity index (χ0v) is 7.99. The van der Waals surface area contributed by atoms with Crippen LogP contribution < -0.4 is 10.9 Å². The number of hydrogen-bond donors (Lipinski definition) is 1. The van der Waals surface area contributed by atoms with Gasteiger partial charge in [-0.25, -0.2) is 4.79 Å². The Kier molecular flexibility index (Phi) is 2.42. The van der Waals surface area contributed by atoms with Gasteiger partial charge in [-0.2, -0.15) is 0 Å². The quantitative estimate of drug-likeness (QED) is 0.592. The summed E-state index contributed by atoms with van der Waals surface area (Å²) in [6.45, 7) is 0.474. The summed E-state index contributed by atoms with van der Waals surface area (Å²) >= 11 is 0. The van der Waals surface area contributed by atoms with Crippen LogP contribution in [-0.4, -0.2) is 6.54 Å². The molecule has 1 heterocycles. The van der Waals surface area contributed by atoms with Crippen LogP contribution >= 0.6 is 0 Å². The summed E-state index contributed by atoms with van der Waals surface area (Å²) in [5.74, 6) is 2.49. The molecule has 1 aromatic carbocycles. The SMILES string of the molecule is C#CCNc1ccc2oc(=O)ccc2c1. The Bertz CT molecular complexity index is 578. The number of nitrogens with one attached hydrogen (secondary N) is 1. The molecule has 0 unspecified atom stereocenters. The standard InChI is InChI=1S/C12H9NO2/c1-2-7-13-10-4-5-11-9(8-10)3-6-12(14)15-11/h1,3-6,8,13H,7H2. The van der Waals surface area contributed by atoms with Gasteiger partial charge in [-0.1, -0.05) is 5.92 Å². The Hall–Kier alpha value is -2.21. The summed E-state index contributed by atoms with van der Waals surface area (Å²) in [7, 11) is 0. The molecule has 2 aromatic rings. The minimum Gasteiger partial charge on any atom is -0.423 e. The maximum atomic E-state index is 10.9. The van der Waals surface area contributed by atoms with E-state index in [1.54, 1.807) is 12.1 Å². The second-order valence-corrected chi connectivity index (χ2v) is 3.06. The van der Waals surface area contributed by atoms with Gasteiger partial charge < -0.3 is 9.73 Å². The number of anilines is 1. The van der Waals surface area contributed by atoms with E-state index in [4.69, 9.17) is 10.8 Å². The molecule has 0 spiro atoms. The molecule has 2 rings (SSSR count). The number of benzene rings is 1. The molecule has 1 aromatic heterocycles. The van der Waals surface area contributed by atoms with Gasteiger partial charge in [0.15, 0.2) is 0 Å². The summed E-state index contributed by atoms with van der Waals surface area (Å²) in [6, 6.07) is 8.57. The van der Waals surface area contributed by atoms with Gasteiger partial charge in [-0.3, -0.25) is 0 Å². The first-order valence-corrected chi connectivity index (χ1v) is 4.51. The van der Waals surface area contributed by atoms with Crippen molar-refractivity contribution in [1.82, 2.24) is 0 Å². The smallest absolute Gasteiger partial charge is 0.336 e. The third-order valence-electron chi connectivity index (χ3n) is 2.01. The molecule has 0 saturated carbocycles. The highest BCUT2D eigenvalue weighted by atomic mass is 16.4. The van der Waals surface area contributed by atoms with Crippen molar-refractivity contribution in [3.63, 3.8) is 0 Å². The van der Waals surface area contributed by atoms with Gasteiger partial charge >= 0.3 is 5.63 Å². The van der Waals surface area contributed by atoms with Crippen molar-refractivity contribution in [1.29, 1.82) is 0 Å². The maximum absolute atomic E-state index is 10.9. The van der Waals surface area contributed by atoms with Crippen molar-refractivity contribution in [3.05, 3.63) is 40.8 Å². The van der Waals surface area contributed by atoms with E-state index in [2.05, 4.69) is 11.2 Å². The molecule has 0 atom stereocenters. The largest absolute Gasteiger partial charge is 0.423 e. The molecule has 74 valence electrons. The number of hydrogen-bond acceptors (Lipinski definition) is 3. The first kappa shape index (κ1) is 9.35. The van der Waals surface area contributed by atoms with E-state index in [1.807, 2.05) is 12.1 Å². The van der Waals surface area contributed by atoms with E-state index in [-0.39, 0.29) is 5.63 Å². The Balaban J connectivity index is 2.44.